The van der Waals surface area contributed by atoms with Gasteiger partial charge in [0, 0.05) is 26.2 Å². The number of hydrogen-bond acceptors (Lipinski definition) is 6. The molecule has 1 aliphatic rings. The molecule has 3 amide bonds. The van der Waals surface area contributed by atoms with E-state index in [0.29, 0.717) is 36.9 Å². The molecule has 1 aromatic carbocycles. The molecular weight excluding hydrogens is 348 g/mol. The van der Waals surface area contributed by atoms with Crippen LogP contribution < -0.4 is 11.1 Å². The number of amides is 3. The second-order valence-corrected chi connectivity index (χ2v) is 6.10. The Balaban J connectivity index is 1.57. The first-order valence-corrected chi connectivity index (χ1v) is 8.03. The molecule has 0 unspecified atom stereocenters. The summed E-state index contributed by atoms with van der Waals surface area (Å²) in [5.41, 5.74) is 7.09. The first-order chi connectivity index (χ1) is 12.0. The number of hydrogen-bond donors (Lipinski definition) is 2. The first-order valence-electron chi connectivity index (χ1n) is 7.65. The Hall–Kier alpha value is -2.81. The molecule has 25 heavy (non-hydrogen) atoms. The lowest BCUT2D eigenvalue weighted by molar-refractivity contribution is 0.0661. The van der Waals surface area contributed by atoms with Crippen molar-refractivity contribution in [3.63, 3.8) is 0 Å². The van der Waals surface area contributed by atoms with Crippen molar-refractivity contribution in [1.82, 2.24) is 20.1 Å². The van der Waals surface area contributed by atoms with E-state index in [-0.39, 0.29) is 23.5 Å². The quantitative estimate of drug-likeness (QED) is 0.835. The molecule has 0 radical (unpaired) electrons. The summed E-state index contributed by atoms with van der Waals surface area (Å²) in [5.74, 6) is -0.403. The summed E-state index contributed by atoms with van der Waals surface area (Å²) < 4.78 is 4.44. The van der Waals surface area contributed by atoms with E-state index in [9.17, 15) is 9.59 Å². The number of nitrogens with zero attached hydrogens (tertiary/aromatic N) is 4. The molecule has 1 aliphatic heterocycles. The van der Waals surface area contributed by atoms with Gasteiger partial charge in [0.2, 0.25) is 11.5 Å². The van der Waals surface area contributed by atoms with E-state index in [1.807, 2.05) is 13.0 Å². The molecule has 0 atom stereocenters. The van der Waals surface area contributed by atoms with E-state index >= 15 is 0 Å². The fourth-order valence-electron chi connectivity index (χ4n) is 2.52. The Kier molecular flexibility index (Phi) is 4.75. The van der Waals surface area contributed by atoms with E-state index in [1.165, 1.54) is 0 Å². The zero-order valence-corrected chi connectivity index (χ0v) is 14.3. The third-order valence-corrected chi connectivity index (χ3v) is 4.25. The first kappa shape index (κ1) is 17.0. The van der Waals surface area contributed by atoms with Crippen molar-refractivity contribution < 1.29 is 14.2 Å². The van der Waals surface area contributed by atoms with Crippen molar-refractivity contribution >= 4 is 35.0 Å². The molecule has 0 saturated carbocycles. The highest BCUT2D eigenvalue weighted by Crippen LogP contribution is 2.23. The minimum atomic E-state index is -0.361. The van der Waals surface area contributed by atoms with Crippen LogP contribution in [0, 0.1) is 6.92 Å². The highest BCUT2D eigenvalue weighted by atomic mass is 35.5. The van der Waals surface area contributed by atoms with Crippen LogP contribution in [-0.2, 0) is 0 Å². The average Bonchev–Trinajstić information content (AvgIpc) is 3.03. The largest absolute Gasteiger partial charge is 0.379 e. The monoisotopic (exact) mass is 364 g/mol. The number of urea groups is 1. The molecule has 0 aliphatic carbocycles. The Bertz CT molecular complexity index is 800. The molecule has 1 saturated heterocycles. The second-order valence-electron chi connectivity index (χ2n) is 5.69. The lowest BCUT2D eigenvalue weighted by Crippen LogP contribution is -2.51. The average molecular weight is 365 g/mol. The maximum absolute atomic E-state index is 12.4. The summed E-state index contributed by atoms with van der Waals surface area (Å²) in [6.07, 6.45) is 0. The number of carbonyl (C=O) groups is 2. The molecule has 3 rings (SSSR count). The normalized spacial score (nSPS) is 14.5. The van der Waals surface area contributed by atoms with Crippen molar-refractivity contribution in [2.75, 3.05) is 37.2 Å². The molecule has 2 heterocycles. The van der Waals surface area contributed by atoms with E-state index in [0.717, 1.165) is 5.56 Å². The van der Waals surface area contributed by atoms with Crippen LogP contribution in [0.3, 0.4) is 0 Å². The summed E-state index contributed by atoms with van der Waals surface area (Å²) in [6, 6.07) is 5.15. The fourth-order valence-corrected chi connectivity index (χ4v) is 2.80. The van der Waals surface area contributed by atoms with Crippen molar-refractivity contribution in [3.05, 3.63) is 34.5 Å². The number of anilines is 2. The number of nitrogens with two attached hydrogens (primary N) is 1. The maximum atomic E-state index is 12.4. The van der Waals surface area contributed by atoms with Gasteiger partial charge in [0.25, 0.3) is 5.91 Å². The Labute approximate surface area is 148 Å². The topological polar surface area (TPSA) is 118 Å². The number of piperazine rings is 1. The highest BCUT2D eigenvalue weighted by Gasteiger charge is 2.28. The zero-order valence-electron chi connectivity index (χ0n) is 13.5. The molecule has 9 nitrogen and oxygen atoms in total. The molecular formula is C15H17ClN6O3. The lowest BCUT2D eigenvalue weighted by Gasteiger charge is -2.34. The van der Waals surface area contributed by atoms with Gasteiger partial charge in [-0.25, -0.2) is 9.42 Å². The number of benzene rings is 1. The van der Waals surface area contributed by atoms with E-state index in [2.05, 4.69) is 20.3 Å². The van der Waals surface area contributed by atoms with Crippen LogP contribution in [0.2, 0.25) is 5.02 Å². The molecule has 0 bridgehead atoms. The molecule has 2 aromatic rings. The van der Waals surface area contributed by atoms with Gasteiger partial charge in [-0.05, 0) is 34.9 Å². The van der Waals surface area contributed by atoms with Gasteiger partial charge in [-0.3, -0.25) is 4.79 Å². The van der Waals surface area contributed by atoms with Crippen LogP contribution in [0.1, 0.15) is 16.1 Å². The van der Waals surface area contributed by atoms with Crippen LogP contribution in [-0.4, -0.2) is 58.2 Å². The van der Waals surface area contributed by atoms with E-state index < -0.39 is 0 Å². The molecule has 3 N–H and O–H groups in total. The summed E-state index contributed by atoms with van der Waals surface area (Å²) in [5, 5.41) is 10.2. The number of nitrogens with one attached hydrogen (secondary N) is 1. The van der Waals surface area contributed by atoms with Gasteiger partial charge < -0.3 is 20.9 Å². The zero-order chi connectivity index (χ0) is 18.0. The van der Waals surface area contributed by atoms with Crippen molar-refractivity contribution in [2.24, 2.45) is 0 Å². The third-order valence-electron chi connectivity index (χ3n) is 3.94. The Morgan fingerprint density at radius 3 is 2.48 bits per heavy atom. The molecule has 1 fully saturated rings. The van der Waals surface area contributed by atoms with Gasteiger partial charge in [-0.1, -0.05) is 17.7 Å². The summed E-state index contributed by atoms with van der Waals surface area (Å²) in [7, 11) is 0. The second kappa shape index (κ2) is 6.98. The van der Waals surface area contributed by atoms with Crippen LogP contribution >= 0.6 is 11.6 Å². The molecule has 132 valence electrons. The van der Waals surface area contributed by atoms with Gasteiger partial charge >= 0.3 is 6.03 Å². The smallest absolute Gasteiger partial charge is 0.322 e. The Morgan fingerprint density at radius 2 is 1.88 bits per heavy atom. The predicted molar refractivity (Wildman–Crippen MR) is 91.4 cm³/mol. The SMILES string of the molecule is Cc1ccc(NC(=O)N2CCN(C(=O)c3nonc3N)CC2)c(Cl)c1. The molecule has 10 heteroatoms. The van der Waals surface area contributed by atoms with Crippen molar-refractivity contribution in [3.8, 4) is 0 Å². The van der Waals surface area contributed by atoms with Gasteiger partial charge in [-0.2, -0.15) is 0 Å². The van der Waals surface area contributed by atoms with Gasteiger partial charge in [0.05, 0.1) is 10.7 Å². The van der Waals surface area contributed by atoms with Crippen molar-refractivity contribution in [2.45, 2.75) is 6.92 Å². The number of halogens is 1. The van der Waals surface area contributed by atoms with Crippen LogP contribution in [0.5, 0.6) is 0 Å². The summed E-state index contributed by atoms with van der Waals surface area (Å²) in [6.45, 7) is 3.41. The van der Waals surface area contributed by atoms with Crippen LogP contribution in [0.15, 0.2) is 22.8 Å². The molecule has 0 spiro atoms. The standard InChI is InChI=1S/C15H17ClN6O3/c1-9-2-3-11(10(16)8-9)18-15(24)22-6-4-21(5-7-22)14(23)12-13(17)20-25-19-12/h2-3,8H,4-7H2,1H3,(H2,17,20)(H,18,24). The van der Waals surface area contributed by atoms with Crippen molar-refractivity contribution in [1.29, 1.82) is 0 Å². The number of nitrogen functional groups attached to an aromatic ring is 1. The third kappa shape index (κ3) is 3.66. The highest BCUT2D eigenvalue weighted by molar-refractivity contribution is 6.33. The number of rotatable bonds is 2. The Morgan fingerprint density at radius 1 is 1.20 bits per heavy atom. The summed E-state index contributed by atoms with van der Waals surface area (Å²) >= 11 is 6.13. The van der Waals surface area contributed by atoms with E-state index in [4.69, 9.17) is 17.3 Å². The number of carbonyl (C=O) groups excluding carboxylic acids is 2. The summed E-state index contributed by atoms with van der Waals surface area (Å²) in [4.78, 5) is 27.8. The lowest BCUT2D eigenvalue weighted by atomic mass is 10.2. The number of aromatic nitrogens is 2. The van der Waals surface area contributed by atoms with Crippen LogP contribution in [0.4, 0.5) is 16.3 Å². The minimum absolute atomic E-state index is 0.00987. The predicted octanol–water partition coefficient (Wildman–Crippen LogP) is 1.60. The van der Waals surface area contributed by atoms with Gasteiger partial charge in [0.1, 0.15) is 0 Å². The number of aryl methyl sites for hydroxylation is 1. The molecule has 1 aromatic heterocycles. The minimum Gasteiger partial charge on any atom is -0.379 e. The van der Waals surface area contributed by atoms with Crippen LogP contribution in [0.25, 0.3) is 0 Å². The van der Waals surface area contributed by atoms with E-state index in [1.54, 1.807) is 21.9 Å². The maximum Gasteiger partial charge on any atom is 0.322 e. The van der Waals surface area contributed by atoms with Gasteiger partial charge in [0.15, 0.2) is 0 Å². The fraction of sp³-hybridized carbons (Fsp3) is 0.333. The van der Waals surface area contributed by atoms with Gasteiger partial charge in [-0.15, -0.1) is 0 Å².